The summed E-state index contributed by atoms with van der Waals surface area (Å²) < 4.78 is 1.92. The van der Waals surface area contributed by atoms with E-state index in [0.717, 1.165) is 28.6 Å². The van der Waals surface area contributed by atoms with Crippen molar-refractivity contribution in [3.05, 3.63) is 0 Å². The van der Waals surface area contributed by atoms with E-state index < -0.39 is 8.80 Å². The molecule has 0 bridgehead atoms. The number of hydrogen-bond acceptors (Lipinski definition) is 3. The molecule has 0 atom stereocenters. The molecule has 0 heterocycles. The van der Waals surface area contributed by atoms with Crippen molar-refractivity contribution in [1.29, 1.82) is 0 Å². The molecule has 0 aliphatic rings. The van der Waals surface area contributed by atoms with E-state index in [9.17, 15) is 0 Å². The minimum Gasteiger partial charge on any atom is -1.00 e. The Bertz CT molecular complexity index is 396. The van der Waals surface area contributed by atoms with Gasteiger partial charge >= 0.3 is 8.80 Å². The van der Waals surface area contributed by atoms with Gasteiger partial charge in [0, 0.05) is 12.5 Å². The van der Waals surface area contributed by atoms with Gasteiger partial charge in [0.25, 0.3) is 0 Å². The van der Waals surface area contributed by atoms with Crippen molar-refractivity contribution in [3.63, 3.8) is 0 Å². The number of likely N-dealkylation sites (N-methyl/N-ethyl adjacent to an activating group) is 2. The van der Waals surface area contributed by atoms with Crippen LogP contribution in [-0.2, 0) is 0 Å². The van der Waals surface area contributed by atoms with Gasteiger partial charge in [-0.3, -0.25) is 0 Å². The summed E-state index contributed by atoms with van der Waals surface area (Å²) in [5, 5.41) is 0. The van der Waals surface area contributed by atoms with Crippen molar-refractivity contribution >= 4 is 8.80 Å². The van der Waals surface area contributed by atoms with Crippen LogP contribution in [0.15, 0.2) is 0 Å². The summed E-state index contributed by atoms with van der Waals surface area (Å²) >= 11 is 0. The summed E-state index contributed by atoms with van der Waals surface area (Å²) in [6.07, 6.45) is 17.4. The Balaban J connectivity index is -0.00000392. The first-order chi connectivity index (χ1) is 13.5. The lowest BCUT2D eigenvalue weighted by Gasteiger charge is -2.36. The standard InChI is InChI=1S/C23H54N2O3Si.2ClH/c1-6-7-8-9-10-11-12-13-14-15-16-17-19-24(2,3)21-22-25(4,5)20-18-23-29(26,27)28;;/h26-28H,6-23H2,1-5H3;2*1H/q+2;;/p-2. The predicted octanol–water partition coefficient (Wildman–Crippen LogP) is -1.85. The zero-order chi connectivity index (χ0) is 22.2. The third-order valence-corrected chi connectivity index (χ3v) is 7.23. The van der Waals surface area contributed by atoms with Crippen molar-refractivity contribution < 1.29 is 48.2 Å². The molecule has 0 saturated carbocycles. The van der Waals surface area contributed by atoms with Crippen LogP contribution in [0.5, 0.6) is 0 Å². The minimum absolute atomic E-state index is 0. The Morgan fingerprint density at radius 1 is 0.484 bits per heavy atom. The molecule has 0 radical (unpaired) electrons. The van der Waals surface area contributed by atoms with Crippen molar-refractivity contribution in [1.82, 2.24) is 0 Å². The molecule has 3 N–H and O–H groups in total. The number of halogens is 2. The lowest BCUT2D eigenvalue weighted by atomic mass is 10.1. The van der Waals surface area contributed by atoms with Gasteiger partial charge in [-0.25, -0.2) is 0 Å². The highest BCUT2D eigenvalue weighted by Gasteiger charge is 2.28. The van der Waals surface area contributed by atoms with Gasteiger partial charge < -0.3 is 48.2 Å². The summed E-state index contributed by atoms with van der Waals surface area (Å²) in [6.45, 7) is 6.58. The molecular weight excluding hydrogens is 451 g/mol. The Labute approximate surface area is 207 Å². The Morgan fingerprint density at radius 3 is 1.16 bits per heavy atom. The third kappa shape index (κ3) is 26.7. The van der Waals surface area contributed by atoms with E-state index in [-0.39, 0.29) is 30.9 Å². The predicted molar refractivity (Wildman–Crippen MR) is 127 cm³/mol. The van der Waals surface area contributed by atoms with Gasteiger partial charge in [0.2, 0.25) is 0 Å². The van der Waals surface area contributed by atoms with Gasteiger partial charge in [-0.1, -0.05) is 71.1 Å². The highest BCUT2D eigenvalue weighted by molar-refractivity contribution is 6.56. The number of rotatable bonds is 20. The van der Waals surface area contributed by atoms with Crippen LogP contribution in [0.3, 0.4) is 0 Å². The van der Waals surface area contributed by atoms with Gasteiger partial charge in [-0.15, -0.1) is 0 Å². The highest BCUT2D eigenvalue weighted by Crippen LogP contribution is 2.13. The van der Waals surface area contributed by atoms with Crippen LogP contribution in [0.4, 0.5) is 0 Å². The first-order valence-electron chi connectivity index (χ1n) is 12.3. The number of unbranched alkanes of at least 4 members (excludes halogenated alkanes) is 11. The van der Waals surface area contributed by atoms with Crippen LogP contribution in [0, 0.1) is 0 Å². The van der Waals surface area contributed by atoms with E-state index >= 15 is 0 Å². The van der Waals surface area contributed by atoms with Gasteiger partial charge in [0.1, 0.15) is 13.1 Å². The monoisotopic (exact) mass is 504 g/mol. The van der Waals surface area contributed by atoms with Crippen LogP contribution in [0.25, 0.3) is 0 Å². The van der Waals surface area contributed by atoms with E-state index in [1.54, 1.807) is 0 Å². The van der Waals surface area contributed by atoms with E-state index in [4.69, 9.17) is 14.4 Å². The van der Waals surface area contributed by atoms with Gasteiger partial charge in [-0.05, 0) is 12.8 Å². The van der Waals surface area contributed by atoms with Crippen LogP contribution < -0.4 is 24.8 Å². The molecule has 0 aromatic carbocycles. The van der Waals surface area contributed by atoms with E-state index in [1.165, 1.54) is 83.6 Å². The lowest BCUT2D eigenvalue weighted by Crippen LogP contribution is -3.00. The van der Waals surface area contributed by atoms with Crippen LogP contribution >= 0.6 is 0 Å². The Hall–Kier alpha value is 0.597. The number of nitrogens with zero attached hydrogens (tertiary/aromatic N) is 2. The van der Waals surface area contributed by atoms with E-state index in [1.807, 2.05) is 0 Å². The van der Waals surface area contributed by atoms with Crippen molar-refractivity contribution in [3.8, 4) is 0 Å². The van der Waals surface area contributed by atoms with Crippen molar-refractivity contribution in [2.45, 2.75) is 96.4 Å². The summed E-state index contributed by atoms with van der Waals surface area (Å²) in [5.74, 6) is 0. The lowest BCUT2D eigenvalue weighted by molar-refractivity contribution is -0.946. The van der Waals surface area contributed by atoms with Crippen LogP contribution in [0.2, 0.25) is 6.04 Å². The smallest absolute Gasteiger partial charge is 0.492 e. The third-order valence-electron chi connectivity index (χ3n) is 6.20. The molecule has 0 aromatic heterocycles. The molecule has 0 rings (SSSR count). The molecule has 0 fully saturated rings. The van der Waals surface area contributed by atoms with Crippen LogP contribution in [0.1, 0.15) is 90.4 Å². The maximum absolute atomic E-state index is 9.15. The van der Waals surface area contributed by atoms with E-state index in [2.05, 4.69) is 35.1 Å². The second kappa shape index (κ2) is 20.0. The first-order valence-corrected chi connectivity index (χ1v) is 14.3. The SMILES string of the molecule is CCCCCCCCCCCCCC[N+](C)(C)CC[N+](C)(C)CCC[Si](O)(O)O.[Cl-].[Cl-]. The molecule has 31 heavy (non-hydrogen) atoms. The molecule has 0 aromatic rings. The topological polar surface area (TPSA) is 60.7 Å². The fourth-order valence-electron chi connectivity index (χ4n) is 3.89. The Kier molecular flexibility index (Phi) is 23.3. The molecule has 5 nitrogen and oxygen atoms in total. The van der Waals surface area contributed by atoms with Gasteiger partial charge in [-0.2, -0.15) is 0 Å². The fourth-order valence-corrected chi connectivity index (χ4v) is 4.52. The maximum Gasteiger partial charge on any atom is 0.492 e. The Morgan fingerprint density at radius 2 is 0.806 bits per heavy atom. The largest absolute Gasteiger partial charge is 1.00 e. The molecule has 0 aliphatic carbocycles. The maximum atomic E-state index is 9.15. The zero-order valence-corrected chi connectivity index (χ0v) is 23.7. The molecule has 0 spiro atoms. The molecule has 8 heteroatoms. The fraction of sp³-hybridized carbons (Fsp3) is 1.00. The van der Waals surface area contributed by atoms with Gasteiger partial charge in [0.05, 0.1) is 41.3 Å². The zero-order valence-electron chi connectivity index (χ0n) is 21.2. The summed E-state index contributed by atoms with van der Waals surface area (Å²) in [7, 11) is 5.16. The van der Waals surface area contributed by atoms with Crippen LogP contribution in [-0.4, -0.2) is 86.5 Å². The minimum atomic E-state index is -3.87. The molecule has 0 amide bonds. The van der Waals surface area contributed by atoms with Crippen molar-refractivity contribution in [2.24, 2.45) is 0 Å². The van der Waals surface area contributed by atoms with Gasteiger partial charge in [0.15, 0.2) is 0 Å². The molecule has 192 valence electrons. The number of hydrogen-bond donors (Lipinski definition) is 3. The van der Waals surface area contributed by atoms with E-state index in [0.29, 0.717) is 6.42 Å². The summed E-state index contributed by atoms with van der Waals surface area (Å²) in [5.41, 5.74) is 0. The highest BCUT2D eigenvalue weighted by atomic mass is 35.5. The molecule has 0 saturated heterocycles. The summed E-state index contributed by atoms with van der Waals surface area (Å²) in [4.78, 5) is 27.5. The first kappa shape index (κ1) is 36.2. The normalized spacial score (nSPS) is 12.4. The molecule has 0 aliphatic heterocycles. The average Bonchev–Trinajstić information content (AvgIpc) is 2.60. The molecule has 0 unspecified atom stereocenters. The number of quaternary nitrogens is 2. The molecular formula is C23H54Cl2N2O3Si. The average molecular weight is 506 g/mol. The quantitative estimate of drug-likeness (QED) is 0.104. The van der Waals surface area contributed by atoms with Crippen molar-refractivity contribution in [2.75, 3.05) is 54.4 Å². The second-order valence-corrected chi connectivity index (χ2v) is 12.6. The second-order valence-electron chi connectivity index (χ2n) is 10.5. The summed E-state index contributed by atoms with van der Waals surface area (Å²) in [6, 6.07) is 0.145.